The first kappa shape index (κ1) is 19.7. The maximum Gasteiger partial charge on any atom is 0.254 e. The molecule has 0 aliphatic heterocycles. The van der Waals surface area contributed by atoms with E-state index in [2.05, 4.69) is 10.1 Å². The molecule has 3 aromatic rings. The quantitative estimate of drug-likeness (QED) is 0.593. The molecule has 1 amide bonds. The molecule has 3 rings (SSSR count). The molecule has 1 aromatic heterocycles. The normalized spacial score (nSPS) is 10.6. The fourth-order valence-electron chi connectivity index (χ4n) is 2.58. The average Bonchev–Trinajstić information content (AvgIpc) is 3.17. The lowest BCUT2D eigenvalue weighted by molar-refractivity contribution is 0.0769. The van der Waals surface area contributed by atoms with Gasteiger partial charge in [-0.05, 0) is 49.4 Å². The van der Waals surface area contributed by atoms with Gasteiger partial charge in [-0.15, -0.1) is 0 Å². The highest BCUT2D eigenvalue weighted by atomic mass is 35.5. The van der Waals surface area contributed by atoms with Gasteiger partial charge >= 0.3 is 0 Å². The number of rotatable bonds is 7. The van der Waals surface area contributed by atoms with Crippen molar-refractivity contribution in [3.05, 3.63) is 58.9 Å². The molecule has 0 saturated carbocycles. The Morgan fingerprint density at radius 3 is 2.61 bits per heavy atom. The number of carbonyl (C=O) groups is 1. The second-order valence-corrected chi connectivity index (χ2v) is 6.39. The number of ether oxygens (including phenoxy) is 2. The Kier molecular flexibility index (Phi) is 6.16. The average molecular weight is 402 g/mol. The minimum absolute atomic E-state index is 0.173. The van der Waals surface area contributed by atoms with E-state index < -0.39 is 0 Å². The van der Waals surface area contributed by atoms with Crippen LogP contribution in [0.5, 0.6) is 11.5 Å². The SMILES string of the molecule is CCOc1ccc(C(=O)N(C)Cc2nc(-c3ccc(OC)cc3)no2)cc1Cl. The van der Waals surface area contributed by atoms with Gasteiger partial charge in [0, 0.05) is 18.2 Å². The van der Waals surface area contributed by atoms with Crippen LogP contribution in [0.15, 0.2) is 47.0 Å². The van der Waals surface area contributed by atoms with Gasteiger partial charge in [-0.2, -0.15) is 4.98 Å². The van der Waals surface area contributed by atoms with Crippen LogP contribution in [-0.2, 0) is 6.54 Å². The van der Waals surface area contributed by atoms with Crippen molar-refractivity contribution < 1.29 is 18.8 Å². The van der Waals surface area contributed by atoms with Crippen LogP contribution in [0.3, 0.4) is 0 Å². The van der Waals surface area contributed by atoms with Crippen molar-refractivity contribution in [2.24, 2.45) is 0 Å². The van der Waals surface area contributed by atoms with Gasteiger partial charge in [0.25, 0.3) is 5.91 Å². The number of hydrogen-bond acceptors (Lipinski definition) is 6. The van der Waals surface area contributed by atoms with Crippen LogP contribution in [0, 0.1) is 0 Å². The lowest BCUT2D eigenvalue weighted by atomic mass is 10.2. The van der Waals surface area contributed by atoms with Gasteiger partial charge in [-0.1, -0.05) is 16.8 Å². The van der Waals surface area contributed by atoms with Crippen molar-refractivity contribution in [2.45, 2.75) is 13.5 Å². The number of methoxy groups -OCH3 is 1. The molecule has 0 fully saturated rings. The van der Waals surface area contributed by atoms with Gasteiger partial charge in [0.05, 0.1) is 25.3 Å². The zero-order valence-corrected chi connectivity index (χ0v) is 16.6. The number of carbonyl (C=O) groups excluding carboxylic acids is 1. The third-order valence-electron chi connectivity index (χ3n) is 4.01. The Bertz CT molecular complexity index is 956. The predicted octanol–water partition coefficient (Wildman–Crippen LogP) is 4.07. The Morgan fingerprint density at radius 1 is 1.21 bits per heavy atom. The van der Waals surface area contributed by atoms with Gasteiger partial charge in [-0.3, -0.25) is 4.79 Å². The molecule has 0 radical (unpaired) electrons. The summed E-state index contributed by atoms with van der Waals surface area (Å²) in [6.45, 7) is 2.54. The van der Waals surface area contributed by atoms with E-state index in [0.717, 1.165) is 11.3 Å². The van der Waals surface area contributed by atoms with Crippen LogP contribution in [0.25, 0.3) is 11.4 Å². The van der Waals surface area contributed by atoms with E-state index in [-0.39, 0.29) is 12.5 Å². The van der Waals surface area contributed by atoms with Gasteiger partial charge in [0.2, 0.25) is 11.7 Å². The monoisotopic (exact) mass is 401 g/mol. The Hall–Kier alpha value is -3.06. The summed E-state index contributed by atoms with van der Waals surface area (Å²) < 4.78 is 15.8. The molecule has 0 saturated heterocycles. The van der Waals surface area contributed by atoms with Gasteiger partial charge < -0.3 is 18.9 Å². The van der Waals surface area contributed by atoms with Crippen molar-refractivity contribution in [3.8, 4) is 22.9 Å². The number of amides is 1. The first-order valence-corrected chi connectivity index (χ1v) is 9.04. The second-order valence-electron chi connectivity index (χ2n) is 5.98. The van der Waals surface area contributed by atoms with E-state index in [9.17, 15) is 4.79 Å². The second kappa shape index (κ2) is 8.75. The largest absolute Gasteiger partial charge is 0.497 e. The molecule has 7 nitrogen and oxygen atoms in total. The van der Waals surface area contributed by atoms with E-state index in [0.29, 0.717) is 34.7 Å². The highest BCUT2D eigenvalue weighted by Crippen LogP contribution is 2.26. The number of halogens is 1. The molecular formula is C20H20ClN3O4. The maximum atomic E-state index is 12.6. The van der Waals surface area contributed by atoms with Crippen LogP contribution in [0.1, 0.15) is 23.2 Å². The van der Waals surface area contributed by atoms with Crippen molar-refractivity contribution in [1.82, 2.24) is 15.0 Å². The Balaban J connectivity index is 1.69. The molecule has 0 spiro atoms. The van der Waals surface area contributed by atoms with Crippen molar-refractivity contribution in [3.63, 3.8) is 0 Å². The van der Waals surface area contributed by atoms with Gasteiger partial charge in [-0.25, -0.2) is 0 Å². The zero-order valence-electron chi connectivity index (χ0n) is 15.8. The molecule has 0 N–H and O–H groups in total. The fourth-order valence-corrected chi connectivity index (χ4v) is 2.81. The van der Waals surface area contributed by atoms with Crippen LogP contribution in [-0.4, -0.2) is 41.7 Å². The smallest absolute Gasteiger partial charge is 0.254 e. The summed E-state index contributed by atoms with van der Waals surface area (Å²) >= 11 is 6.16. The predicted molar refractivity (Wildman–Crippen MR) is 105 cm³/mol. The fraction of sp³-hybridized carbons (Fsp3) is 0.250. The molecule has 0 bridgehead atoms. The van der Waals surface area contributed by atoms with Crippen LogP contribution in [0.4, 0.5) is 0 Å². The Morgan fingerprint density at radius 2 is 1.96 bits per heavy atom. The highest BCUT2D eigenvalue weighted by molar-refractivity contribution is 6.32. The Labute approximate surface area is 167 Å². The van der Waals surface area contributed by atoms with Crippen molar-refractivity contribution in [2.75, 3.05) is 20.8 Å². The molecule has 28 heavy (non-hydrogen) atoms. The molecule has 1 heterocycles. The molecule has 0 atom stereocenters. The van der Waals surface area contributed by atoms with Gasteiger partial charge in [0.1, 0.15) is 11.5 Å². The number of hydrogen-bond donors (Lipinski definition) is 0. The maximum absolute atomic E-state index is 12.6. The molecule has 146 valence electrons. The van der Waals surface area contributed by atoms with Crippen molar-refractivity contribution >= 4 is 17.5 Å². The summed E-state index contributed by atoms with van der Waals surface area (Å²) in [7, 11) is 3.26. The first-order valence-electron chi connectivity index (χ1n) is 8.66. The standard InChI is InChI=1S/C20H20ClN3O4/c1-4-27-17-10-7-14(11-16(17)21)20(25)24(2)12-18-22-19(23-28-18)13-5-8-15(26-3)9-6-13/h5-11H,4,12H2,1-3H3. The number of benzene rings is 2. The van der Waals surface area contributed by atoms with Gasteiger partial charge in [0.15, 0.2) is 0 Å². The lowest BCUT2D eigenvalue weighted by Crippen LogP contribution is -2.26. The summed E-state index contributed by atoms with van der Waals surface area (Å²) in [5.41, 5.74) is 1.24. The third kappa shape index (κ3) is 4.43. The molecule has 2 aromatic carbocycles. The summed E-state index contributed by atoms with van der Waals surface area (Å²) in [5.74, 6) is 1.85. The van der Waals surface area contributed by atoms with Crippen LogP contribution in [0.2, 0.25) is 5.02 Å². The summed E-state index contributed by atoms with van der Waals surface area (Å²) in [6.07, 6.45) is 0. The van der Waals surface area contributed by atoms with E-state index in [4.69, 9.17) is 25.6 Å². The number of nitrogens with zero attached hydrogens (tertiary/aromatic N) is 3. The van der Waals surface area contributed by atoms with E-state index >= 15 is 0 Å². The molecule has 0 aliphatic carbocycles. The lowest BCUT2D eigenvalue weighted by Gasteiger charge is -2.15. The molecule has 0 unspecified atom stereocenters. The summed E-state index contributed by atoms with van der Waals surface area (Å²) in [5, 5.41) is 4.36. The first-order chi connectivity index (χ1) is 13.5. The van der Waals surface area contributed by atoms with Crippen LogP contribution >= 0.6 is 11.6 Å². The number of aromatic nitrogens is 2. The molecule has 0 aliphatic rings. The molecule has 8 heteroatoms. The minimum atomic E-state index is -0.214. The minimum Gasteiger partial charge on any atom is -0.497 e. The van der Waals surface area contributed by atoms with E-state index in [1.807, 2.05) is 31.2 Å². The summed E-state index contributed by atoms with van der Waals surface area (Å²) in [6, 6.07) is 12.2. The summed E-state index contributed by atoms with van der Waals surface area (Å²) in [4.78, 5) is 18.5. The van der Waals surface area contributed by atoms with Crippen molar-refractivity contribution in [1.29, 1.82) is 0 Å². The topological polar surface area (TPSA) is 77.7 Å². The van der Waals surface area contributed by atoms with E-state index in [1.165, 1.54) is 4.90 Å². The zero-order chi connectivity index (χ0) is 20.1. The van der Waals surface area contributed by atoms with E-state index in [1.54, 1.807) is 32.4 Å². The third-order valence-corrected chi connectivity index (χ3v) is 4.31. The molecular weight excluding hydrogens is 382 g/mol. The highest BCUT2D eigenvalue weighted by Gasteiger charge is 2.17. The van der Waals surface area contributed by atoms with Crippen LogP contribution < -0.4 is 9.47 Å².